The van der Waals surface area contributed by atoms with Crippen molar-refractivity contribution in [1.82, 2.24) is 4.90 Å². The number of nitrogens with one attached hydrogen (secondary N) is 1. The summed E-state index contributed by atoms with van der Waals surface area (Å²) < 4.78 is 78.1. The maximum atomic E-state index is 13.0. The summed E-state index contributed by atoms with van der Waals surface area (Å²) >= 11 is 0. The molecule has 0 bridgehead atoms. The van der Waals surface area contributed by atoms with Gasteiger partial charge in [0.15, 0.2) is 0 Å². The Morgan fingerprint density at radius 2 is 1.66 bits per heavy atom. The molecule has 1 aromatic rings. The van der Waals surface area contributed by atoms with E-state index in [0.717, 1.165) is 0 Å². The van der Waals surface area contributed by atoms with E-state index >= 15 is 0 Å². The summed E-state index contributed by atoms with van der Waals surface area (Å²) in [5, 5.41) is 2.08. The highest BCUT2D eigenvalue weighted by atomic mass is 19.4. The van der Waals surface area contributed by atoms with E-state index in [4.69, 9.17) is 0 Å². The number of allylic oxidation sites excluding steroid dienone is 2. The topological polar surface area (TPSA) is 61.8 Å². The molecular formula is C18H13F6N3O2. The fraction of sp³-hybridized carbons (Fsp3) is 0.278. The van der Waals surface area contributed by atoms with Gasteiger partial charge in [0, 0.05) is 11.9 Å². The highest BCUT2D eigenvalue weighted by molar-refractivity contribution is 6.11. The van der Waals surface area contributed by atoms with Gasteiger partial charge in [-0.2, -0.15) is 31.3 Å². The number of aliphatic imine (C=N–C) groups is 1. The number of carbonyl (C=O) groups is 2. The number of hydrogen-bond acceptors (Lipinski definition) is 3. The zero-order valence-corrected chi connectivity index (χ0v) is 14.7. The lowest BCUT2D eigenvalue weighted by Gasteiger charge is -2.41. The van der Waals surface area contributed by atoms with Crippen LogP contribution in [0.25, 0.3) is 0 Å². The Balaban J connectivity index is 1.98. The maximum Gasteiger partial charge on any atom is 0.416 e. The van der Waals surface area contributed by atoms with Crippen LogP contribution in [0.1, 0.15) is 24.5 Å². The molecule has 3 rings (SSSR count). The van der Waals surface area contributed by atoms with Gasteiger partial charge in [-0.05, 0) is 37.3 Å². The van der Waals surface area contributed by atoms with Crippen molar-refractivity contribution in [2.45, 2.75) is 31.2 Å². The van der Waals surface area contributed by atoms with Crippen molar-refractivity contribution in [3.63, 3.8) is 0 Å². The van der Waals surface area contributed by atoms with E-state index in [1.54, 1.807) is 12.2 Å². The number of amidine groups is 1. The quantitative estimate of drug-likeness (QED) is 0.736. The molecule has 2 amide bonds. The van der Waals surface area contributed by atoms with Gasteiger partial charge in [0.2, 0.25) is 0 Å². The van der Waals surface area contributed by atoms with Crippen molar-refractivity contribution in [2.75, 3.05) is 5.32 Å². The molecule has 2 aliphatic rings. The second-order valence-corrected chi connectivity index (χ2v) is 6.63. The van der Waals surface area contributed by atoms with E-state index in [9.17, 15) is 35.9 Å². The molecule has 0 spiro atoms. The molecule has 0 aliphatic carbocycles. The summed E-state index contributed by atoms with van der Waals surface area (Å²) in [5.41, 5.74) is -5.40. The molecule has 154 valence electrons. The largest absolute Gasteiger partial charge is 0.416 e. The molecule has 0 radical (unpaired) electrons. The Bertz CT molecular complexity index is 929. The van der Waals surface area contributed by atoms with Crippen LogP contribution in [0.5, 0.6) is 0 Å². The van der Waals surface area contributed by atoms with Crippen molar-refractivity contribution < 1.29 is 35.9 Å². The summed E-state index contributed by atoms with van der Waals surface area (Å²) in [5.74, 6) is -1.46. The fourth-order valence-electron chi connectivity index (χ4n) is 2.97. The zero-order valence-electron chi connectivity index (χ0n) is 14.7. The monoisotopic (exact) mass is 417 g/mol. The van der Waals surface area contributed by atoms with Crippen LogP contribution in [0.15, 0.2) is 47.6 Å². The third kappa shape index (κ3) is 4.03. The van der Waals surface area contributed by atoms with E-state index in [-0.39, 0.29) is 11.9 Å². The summed E-state index contributed by atoms with van der Waals surface area (Å²) in [4.78, 5) is 29.8. The smallest absolute Gasteiger partial charge is 0.324 e. The number of benzene rings is 1. The Kier molecular flexibility index (Phi) is 4.80. The number of nitrogens with zero attached hydrogens (tertiary/aromatic N) is 2. The van der Waals surface area contributed by atoms with Crippen LogP contribution in [0.3, 0.4) is 0 Å². The molecule has 2 heterocycles. The van der Waals surface area contributed by atoms with Gasteiger partial charge in [-0.1, -0.05) is 6.08 Å². The fourth-order valence-corrected chi connectivity index (χ4v) is 2.97. The van der Waals surface area contributed by atoms with Crippen LogP contribution in [0.4, 0.5) is 32.0 Å². The minimum Gasteiger partial charge on any atom is -0.324 e. The van der Waals surface area contributed by atoms with Crippen molar-refractivity contribution in [3.8, 4) is 0 Å². The first-order valence-electron chi connectivity index (χ1n) is 8.17. The molecule has 0 saturated carbocycles. The van der Waals surface area contributed by atoms with Gasteiger partial charge >= 0.3 is 12.4 Å². The highest BCUT2D eigenvalue weighted by Crippen LogP contribution is 2.38. The van der Waals surface area contributed by atoms with Gasteiger partial charge in [-0.15, -0.1) is 0 Å². The standard InChI is InChI=1S/C18H13F6N3O2/c1-16(9-14(28)26-13-4-2-3-5-27(13)16)15(29)25-12-7-10(17(19,20)21)6-11(8-12)18(22,23)24/h2-8H,9H2,1H3,(H,25,29). The maximum absolute atomic E-state index is 13.0. The summed E-state index contributed by atoms with van der Waals surface area (Å²) in [6, 6.07) is 0.772. The van der Waals surface area contributed by atoms with Gasteiger partial charge in [0.05, 0.1) is 17.5 Å². The second kappa shape index (κ2) is 6.75. The van der Waals surface area contributed by atoms with Gasteiger partial charge in [0.25, 0.3) is 11.8 Å². The first-order valence-corrected chi connectivity index (χ1v) is 8.17. The average Bonchev–Trinajstić information content (AvgIpc) is 2.59. The molecule has 11 heteroatoms. The van der Waals surface area contributed by atoms with Crippen LogP contribution < -0.4 is 5.32 Å². The van der Waals surface area contributed by atoms with Crippen molar-refractivity contribution in [2.24, 2.45) is 4.99 Å². The lowest BCUT2D eigenvalue weighted by Crippen LogP contribution is -2.58. The number of alkyl halides is 6. The molecule has 1 aromatic carbocycles. The van der Waals surface area contributed by atoms with Crippen LogP contribution >= 0.6 is 0 Å². The number of halogens is 6. The summed E-state index contributed by atoms with van der Waals surface area (Å²) in [7, 11) is 0. The minimum atomic E-state index is -5.05. The Morgan fingerprint density at radius 1 is 1.07 bits per heavy atom. The zero-order chi connectivity index (χ0) is 21.6. The highest BCUT2D eigenvalue weighted by Gasteiger charge is 2.45. The number of anilines is 1. The van der Waals surface area contributed by atoms with Crippen molar-refractivity contribution in [3.05, 3.63) is 53.8 Å². The molecule has 0 saturated heterocycles. The molecule has 1 unspecified atom stereocenters. The molecule has 0 aromatic heterocycles. The molecule has 1 N–H and O–H groups in total. The molecule has 29 heavy (non-hydrogen) atoms. The minimum absolute atomic E-state index is 0.0373. The van der Waals surface area contributed by atoms with Crippen LogP contribution in [0.2, 0.25) is 0 Å². The molecular weight excluding hydrogens is 404 g/mol. The van der Waals surface area contributed by atoms with E-state index in [2.05, 4.69) is 10.3 Å². The van der Waals surface area contributed by atoms with Crippen LogP contribution in [-0.2, 0) is 21.9 Å². The normalized spacial score (nSPS) is 21.7. The van der Waals surface area contributed by atoms with Crippen LogP contribution in [-0.4, -0.2) is 28.1 Å². The van der Waals surface area contributed by atoms with E-state index in [1.165, 1.54) is 24.1 Å². The second-order valence-electron chi connectivity index (χ2n) is 6.63. The summed E-state index contributed by atoms with van der Waals surface area (Å²) in [6.45, 7) is 1.34. The van der Waals surface area contributed by atoms with Gasteiger partial charge in [-0.3, -0.25) is 9.59 Å². The number of fused-ring (bicyclic) bond motifs is 1. The van der Waals surface area contributed by atoms with E-state index in [0.29, 0.717) is 12.1 Å². The molecule has 0 fully saturated rings. The van der Waals surface area contributed by atoms with Crippen molar-refractivity contribution >= 4 is 23.3 Å². The van der Waals surface area contributed by atoms with E-state index in [1.807, 2.05) is 0 Å². The lowest BCUT2D eigenvalue weighted by atomic mass is 9.91. The van der Waals surface area contributed by atoms with Crippen LogP contribution in [0, 0.1) is 0 Å². The van der Waals surface area contributed by atoms with E-state index < -0.39 is 52.9 Å². The Morgan fingerprint density at radius 3 is 2.21 bits per heavy atom. The first-order chi connectivity index (χ1) is 13.3. The number of hydrogen-bond donors (Lipinski definition) is 1. The lowest BCUT2D eigenvalue weighted by molar-refractivity contribution is -0.143. The predicted molar refractivity (Wildman–Crippen MR) is 90.7 cm³/mol. The SMILES string of the molecule is CC1(C(=O)Nc2cc(C(F)(F)F)cc(C(F)(F)F)c2)CC(=O)N=C2C=CC=CN21. The molecule has 5 nitrogen and oxygen atoms in total. The molecule has 1 atom stereocenters. The molecule has 2 aliphatic heterocycles. The van der Waals surface area contributed by atoms with Crippen molar-refractivity contribution in [1.29, 1.82) is 0 Å². The average molecular weight is 417 g/mol. The predicted octanol–water partition coefficient (Wildman–Crippen LogP) is 4.14. The third-order valence-electron chi connectivity index (χ3n) is 4.44. The Labute approximate surface area is 160 Å². The first kappa shape index (κ1) is 20.6. The number of rotatable bonds is 2. The number of carbonyl (C=O) groups excluding carboxylic acids is 2. The van der Waals surface area contributed by atoms with Gasteiger partial charge in [0.1, 0.15) is 11.4 Å². The summed E-state index contributed by atoms with van der Waals surface area (Å²) in [6.07, 6.45) is -4.50. The number of amides is 2. The third-order valence-corrected chi connectivity index (χ3v) is 4.44. The van der Waals surface area contributed by atoms with Gasteiger partial charge < -0.3 is 10.2 Å². The van der Waals surface area contributed by atoms with Gasteiger partial charge in [-0.25, -0.2) is 0 Å². The Hall–Kier alpha value is -3.11.